The van der Waals surface area contributed by atoms with Crippen LogP contribution >= 0.6 is 0 Å². The second-order valence-corrected chi connectivity index (χ2v) is 4.35. The number of carbonyl (C=O) groups excluding carboxylic acids is 1. The molecule has 0 aliphatic carbocycles. The van der Waals surface area contributed by atoms with Gasteiger partial charge in [0.1, 0.15) is 5.75 Å². The number of carboxylic acid groups (broad SMARTS) is 1. The molecule has 5 heteroatoms. The number of aliphatic carboxylic acids is 1. The molecule has 0 aromatic heterocycles. The van der Waals surface area contributed by atoms with Crippen LogP contribution in [0.5, 0.6) is 5.75 Å². The van der Waals surface area contributed by atoms with E-state index in [1.165, 1.54) is 0 Å². The minimum absolute atomic E-state index is 0.235. The Morgan fingerprint density at radius 2 is 1.57 bits per heavy atom. The lowest BCUT2D eigenvalue weighted by molar-refractivity contribution is -0.142. The summed E-state index contributed by atoms with van der Waals surface area (Å²) in [6.45, 7) is -0.235. The number of nitrogens with one attached hydrogen (secondary N) is 1. The molecule has 2 aromatic rings. The van der Waals surface area contributed by atoms with E-state index in [0.717, 1.165) is 0 Å². The van der Waals surface area contributed by atoms with Gasteiger partial charge < -0.3 is 15.2 Å². The predicted octanol–water partition coefficient (Wildman–Crippen LogP) is 2.01. The van der Waals surface area contributed by atoms with Crippen LogP contribution in [0.1, 0.15) is 11.6 Å². The van der Waals surface area contributed by atoms with Crippen molar-refractivity contribution in [2.24, 2.45) is 0 Å². The van der Waals surface area contributed by atoms with E-state index in [1.54, 1.807) is 54.6 Å². The van der Waals surface area contributed by atoms with Crippen molar-refractivity contribution in [3.8, 4) is 5.75 Å². The third-order valence-corrected chi connectivity index (χ3v) is 2.80. The first-order valence-corrected chi connectivity index (χ1v) is 6.42. The third kappa shape index (κ3) is 4.35. The molecule has 5 nitrogen and oxygen atoms in total. The average molecular weight is 285 g/mol. The van der Waals surface area contributed by atoms with Crippen molar-refractivity contribution in [3.05, 3.63) is 66.2 Å². The molecule has 0 aliphatic heterocycles. The van der Waals surface area contributed by atoms with Crippen molar-refractivity contribution in [1.82, 2.24) is 5.32 Å². The summed E-state index contributed by atoms with van der Waals surface area (Å²) in [5, 5.41) is 11.6. The molecule has 2 rings (SSSR count). The molecular weight excluding hydrogens is 270 g/mol. The Kier molecular flexibility index (Phi) is 4.93. The Morgan fingerprint density at radius 3 is 2.14 bits per heavy atom. The Bertz CT molecular complexity index is 598. The summed E-state index contributed by atoms with van der Waals surface area (Å²) >= 11 is 0. The van der Waals surface area contributed by atoms with Crippen molar-refractivity contribution < 1.29 is 19.4 Å². The maximum Gasteiger partial charge on any atom is 0.330 e. The van der Waals surface area contributed by atoms with Gasteiger partial charge in [-0.3, -0.25) is 4.79 Å². The number of carboxylic acids is 1. The van der Waals surface area contributed by atoms with Crippen LogP contribution in [-0.4, -0.2) is 23.6 Å². The van der Waals surface area contributed by atoms with Crippen molar-refractivity contribution >= 4 is 11.9 Å². The summed E-state index contributed by atoms with van der Waals surface area (Å²) in [6.07, 6.45) is 0. The molecule has 2 aromatic carbocycles. The van der Waals surface area contributed by atoms with Crippen LogP contribution in [0.2, 0.25) is 0 Å². The van der Waals surface area contributed by atoms with Gasteiger partial charge in [-0.2, -0.15) is 0 Å². The molecule has 0 radical (unpaired) electrons. The van der Waals surface area contributed by atoms with Gasteiger partial charge in [0.05, 0.1) is 0 Å². The lowest BCUT2D eigenvalue weighted by Gasteiger charge is -2.15. The number of ether oxygens (including phenoxy) is 1. The number of benzene rings is 2. The van der Waals surface area contributed by atoms with E-state index in [2.05, 4.69) is 5.32 Å². The number of carbonyl (C=O) groups is 2. The van der Waals surface area contributed by atoms with Crippen LogP contribution in [0.15, 0.2) is 60.7 Å². The number of hydrogen-bond acceptors (Lipinski definition) is 3. The van der Waals surface area contributed by atoms with E-state index in [1.807, 2.05) is 6.07 Å². The van der Waals surface area contributed by atoms with Crippen LogP contribution < -0.4 is 10.1 Å². The molecule has 0 bridgehead atoms. The highest BCUT2D eigenvalue weighted by Crippen LogP contribution is 2.13. The molecule has 0 fully saturated rings. The molecule has 0 saturated heterocycles. The van der Waals surface area contributed by atoms with E-state index in [4.69, 9.17) is 4.74 Å². The standard InChI is InChI=1S/C16H15NO4/c18-14(11-21-13-9-5-2-6-10-13)17-15(16(19)20)12-7-3-1-4-8-12/h1-10,15H,11H2,(H,17,18)(H,19,20)/t15-/m0/s1. The SMILES string of the molecule is O=C(COc1ccccc1)N[C@H](C(=O)O)c1ccccc1. The molecule has 0 heterocycles. The smallest absolute Gasteiger partial charge is 0.330 e. The largest absolute Gasteiger partial charge is 0.484 e. The topological polar surface area (TPSA) is 75.6 Å². The number of amides is 1. The molecule has 2 N–H and O–H groups in total. The average Bonchev–Trinajstić information content (AvgIpc) is 2.52. The van der Waals surface area contributed by atoms with Gasteiger partial charge in [0.25, 0.3) is 5.91 Å². The molecule has 1 atom stereocenters. The van der Waals surface area contributed by atoms with Crippen LogP contribution in [0.3, 0.4) is 0 Å². The van der Waals surface area contributed by atoms with Gasteiger partial charge in [-0.1, -0.05) is 48.5 Å². The molecule has 0 spiro atoms. The second kappa shape index (κ2) is 7.09. The molecule has 108 valence electrons. The molecule has 0 unspecified atom stereocenters. The highest BCUT2D eigenvalue weighted by Gasteiger charge is 2.21. The second-order valence-electron chi connectivity index (χ2n) is 4.35. The Balaban J connectivity index is 1.95. The minimum Gasteiger partial charge on any atom is -0.484 e. The fourth-order valence-electron chi connectivity index (χ4n) is 1.80. The number of para-hydroxylation sites is 1. The van der Waals surface area contributed by atoms with Gasteiger partial charge in [-0.25, -0.2) is 4.79 Å². The van der Waals surface area contributed by atoms with Crippen LogP contribution in [0.25, 0.3) is 0 Å². The zero-order chi connectivity index (χ0) is 15.1. The highest BCUT2D eigenvalue weighted by molar-refractivity contribution is 5.85. The fraction of sp³-hybridized carbons (Fsp3) is 0.125. The van der Waals surface area contributed by atoms with Crippen molar-refractivity contribution in [2.75, 3.05) is 6.61 Å². The lowest BCUT2D eigenvalue weighted by Crippen LogP contribution is -2.36. The monoisotopic (exact) mass is 285 g/mol. The summed E-state index contributed by atoms with van der Waals surface area (Å²) in [4.78, 5) is 23.1. The number of hydrogen-bond donors (Lipinski definition) is 2. The van der Waals surface area contributed by atoms with Gasteiger partial charge >= 0.3 is 5.97 Å². The Hall–Kier alpha value is -2.82. The molecule has 1 amide bonds. The van der Waals surface area contributed by atoms with Crippen molar-refractivity contribution in [3.63, 3.8) is 0 Å². The highest BCUT2D eigenvalue weighted by atomic mass is 16.5. The third-order valence-electron chi connectivity index (χ3n) is 2.80. The first-order chi connectivity index (χ1) is 10.2. The minimum atomic E-state index is -1.12. The quantitative estimate of drug-likeness (QED) is 0.851. The molecule has 21 heavy (non-hydrogen) atoms. The van der Waals surface area contributed by atoms with E-state index >= 15 is 0 Å². The summed E-state index contributed by atoms with van der Waals surface area (Å²) in [5.74, 6) is -1.05. The van der Waals surface area contributed by atoms with Crippen molar-refractivity contribution in [1.29, 1.82) is 0 Å². The Labute approximate surface area is 122 Å². The molecule has 0 aliphatic rings. The van der Waals surface area contributed by atoms with E-state index in [0.29, 0.717) is 11.3 Å². The van der Waals surface area contributed by atoms with E-state index in [-0.39, 0.29) is 6.61 Å². The van der Waals surface area contributed by atoms with Crippen molar-refractivity contribution in [2.45, 2.75) is 6.04 Å². The molecular formula is C16H15NO4. The Morgan fingerprint density at radius 1 is 1.00 bits per heavy atom. The van der Waals surface area contributed by atoms with Gasteiger partial charge in [0.15, 0.2) is 12.6 Å². The lowest BCUT2D eigenvalue weighted by atomic mass is 10.1. The van der Waals surface area contributed by atoms with E-state index in [9.17, 15) is 14.7 Å². The number of rotatable bonds is 6. The fourth-order valence-corrected chi connectivity index (χ4v) is 1.80. The normalized spacial score (nSPS) is 11.4. The van der Waals surface area contributed by atoms with E-state index < -0.39 is 17.9 Å². The summed E-state index contributed by atoms with van der Waals surface area (Å²) < 4.78 is 5.28. The van der Waals surface area contributed by atoms with Gasteiger partial charge in [0.2, 0.25) is 0 Å². The first-order valence-electron chi connectivity index (χ1n) is 6.42. The van der Waals surface area contributed by atoms with Crippen LogP contribution in [0, 0.1) is 0 Å². The molecule has 0 saturated carbocycles. The summed E-state index contributed by atoms with van der Waals surface area (Å²) in [5.41, 5.74) is 0.512. The van der Waals surface area contributed by atoms with Crippen LogP contribution in [-0.2, 0) is 9.59 Å². The van der Waals surface area contributed by atoms with Gasteiger partial charge in [-0.15, -0.1) is 0 Å². The zero-order valence-corrected chi connectivity index (χ0v) is 11.2. The maximum absolute atomic E-state index is 11.8. The predicted molar refractivity (Wildman–Crippen MR) is 76.9 cm³/mol. The van der Waals surface area contributed by atoms with Gasteiger partial charge in [0, 0.05) is 0 Å². The summed E-state index contributed by atoms with van der Waals surface area (Å²) in [7, 11) is 0. The van der Waals surface area contributed by atoms with Crippen LogP contribution in [0.4, 0.5) is 0 Å². The van der Waals surface area contributed by atoms with Gasteiger partial charge in [-0.05, 0) is 17.7 Å². The zero-order valence-electron chi connectivity index (χ0n) is 11.2. The first kappa shape index (κ1) is 14.6. The summed E-state index contributed by atoms with van der Waals surface area (Å²) in [6, 6.07) is 16.3. The maximum atomic E-state index is 11.8.